The van der Waals surface area contributed by atoms with E-state index >= 15 is 0 Å². The Balaban J connectivity index is 1.52. The molecule has 0 N–H and O–H groups in total. The summed E-state index contributed by atoms with van der Waals surface area (Å²) in [7, 11) is 0. The molecular formula is C29H30N6O3S. The molecule has 4 aromatic rings. The van der Waals surface area contributed by atoms with Crippen LogP contribution >= 0.6 is 11.5 Å². The van der Waals surface area contributed by atoms with Gasteiger partial charge in [-0.15, -0.1) is 10.2 Å². The van der Waals surface area contributed by atoms with E-state index in [1.54, 1.807) is 6.07 Å². The lowest BCUT2D eigenvalue weighted by Gasteiger charge is -2.26. The van der Waals surface area contributed by atoms with Gasteiger partial charge in [0.1, 0.15) is 0 Å². The van der Waals surface area contributed by atoms with Crippen LogP contribution in [-0.4, -0.2) is 29.1 Å². The predicted molar refractivity (Wildman–Crippen MR) is 154 cm³/mol. The number of aryl methyl sites for hydroxylation is 1. The summed E-state index contributed by atoms with van der Waals surface area (Å²) in [5.41, 5.74) is 4.84. The first kappa shape index (κ1) is 27.8. The Morgan fingerprint density at radius 1 is 1.08 bits per heavy atom. The Morgan fingerprint density at radius 2 is 1.92 bits per heavy atom. The summed E-state index contributed by atoms with van der Waals surface area (Å²) in [5, 5.41) is 29.9. The van der Waals surface area contributed by atoms with Gasteiger partial charge in [-0.25, -0.2) is 0 Å². The van der Waals surface area contributed by atoms with Crippen LogP contribution in [0, 0.1) is 21.4 Å². The van der Waals surface area contributed by atoms with Gasteiger partial charge in [-0.3, -0.25) is 10.1 Å². The second kappa shape index (κ2) is 14.1. The van der Waals surface area contributed by atoms with E-state index in [2.05, 4.69) is 68.9 Å². The zero-order valence-corrected chi connectivity index (χ0v) is 22.6. The average Bonchev–Trinajstić information content (AvgIpc) is 3.37. The third-order valence-electron chi connectivity index (χ3n) is 6.25. The Bertz CT molecular complexity index is 1470. The maximum absolute atomic E-state index is 11.2. The molecule has 1 aromatic heterocycles. The monoisotopic (exact) mass is 542 g/mol. The first-order chi connectivity index (χ1) is 19.1. The van der Waals surface area contributed by atoms with Gasteiger partial charge in [-0.2, -0.15) is 9.64 Å². The highest BCUT2D eigenvalue weighted by molar-refractivity contribution is 7.11. The number of anilines is 1. The number of benzene rings is 3. The second-order valence-corrected chi connectivity index (χ2v) is 9.70. The molecule has 0 fully saturated rings. The zero-order chi connectivity index (χ0) is 27.5. The predicted octanol–water partition coefficient (Wildman–Crippen LogP) is 7.90. The van der Waals surface area contributed by atoms with Crippen LogP contribution in [0.4, 0.5) is 22.1 Å². The molecule has 1 heterocycles. The molecule has 39 heavy (non-hydrogen) atoms. The molecule has 0 unspecified atom stereocenters. The Hall–Kier alpha value is -4.20. The van der Waals surface area contributed by atoms with Crippen molar-refractivity contribution >= 4 is 44.5 Å². The SMILES string of the molecule is CCc1cc(N(CCCCOCCC#N)Cc2ccccc2)ccc1N=Nc1snc2ccc([N+](=O)[O-])cc12. The zero-order valence-electron chi connectivity index (χ0n) is 21.8. The standard InChI is InChI=1S/C29H30N6O3S/c1-2-23-19-24(34(21-22-9-4-3-5-10-22)16-6-7-17-38-18-8-15-30)11-13-27(23)31-32-29-26-20-25(35(36)37)12-14-28(26)33-39-29/h3-5,9-14,19-20H,2,6-8,16-18,21H2,1H3. The molecule has 0 spiro atoms. The molecule has 9 nitrogen and oxygen atoms in total. The van der Waals surface area contributed by atoms with E-state index < -0.39 is 4.92 Å². The van der Waals surface area contributed by atoms with Gasteiger partial charge >= 0.3 is 0 Å². The number of nitro groups is 1. The summed E-state index contributed by atoms with van der Waals surface area (Å²) in [6.45, 7) is 4.87. The third-order valence-corrected chi connectivity index (χ3v) is 7.01. The summed E-state index contributed by atoms with van der Waals surface area (Å²) < 4.78 is 9.88. The van der Waals surface area contributed by atoms with Crippen molar-refractivity contribution in [3.05, 3.63) is 88.0 Å². The minimum absolute atomic E-state index is 0.00462. The van der Waals surface area contributed by atoms with E-state index in [4.69, 9.17) is 10.00 Å². The fraction of sp³-hybridized carbons (Fsp3) is 0.310. The van der Waals surface area contributed by atoms with Crippen LogP contribution in [0.5, 0.6) is 0 Å². The fourth-order valence-electron chi connectivity index (χ4n) is 4.18. The highest BCUT2D eigenvalue weighted by Crippen LogP contribution is 2.35. The molecule has 10 heteroatoms. The highest BCUT2D eigenvalue weighted by atomic mass is 32.1. The van der Waals surface area contributed by atoms with E-state index in [9.17, 15) is 10.1 Å². The van der Waals surface area contributed by atoms with E-state index in [0.717, 1.165) is 49.3 Å². The van der Waals surface area contributed by atoms with Crippen LogP contribution in [0.3, 0.4) is 0 Å². The van der Waals surface area contributed by atoms with E-state index in [0.29, 0.717) is 35.5 Å². The van der Waals surface area contributed by atoms with Crippen molar-refractivity contribution in [3.8, 4) is 6.07 Å². The average molecular weight is 543 g/mol. The number of fused-ring (bicyclic) bond motifs is 1. The highest BCUT2D eigenvalue weighted by Gasteiger charge is 2.13. The number of rotatable bonds is 14. The van der Waals surface area contributed by atoms with Gasteiger partial charge in [0.2, 0.25) is 0 Å². The van der Waals surface area contributed by atoms with Gasteiger partial charge in [0, 0.05) is 42.9 Å². The minimum Gasteiger partial charge on any atom is -0.380 e. The number of ether oxygens (including phenoxy) is 1. The summed E-state index contributed by atoms with van der Waals surface area (Å²) in [6, 6.07) is 23.3. The lowest BCUT2D eigenvalue weighted by atomic mass is 10.1. The first-order valence-corrected chi connectivity index (χ1v) is 13.7. The largest absolute Gasteiger partial charge is 0.380 e. The number of hydrogen-bond donors (Lipinski definition) is 0. The van der Waals surface area contributed by atoms with Crippen molar-refractivity contribution in [2.45, 2.75) is 39.2 Å². The Labute approximate surface area is 231 Å². The van der Waals surface area contributed by atoms with Gasteiger partial charge in [0.15, 0.2) is 5.00 Å². The molecular weight excluding hydrogens is 512 g/mol. The maximum Gasteiger partial charge on any atom is 0.270 e. The molecule has 0 aliphatic carbocycles. The number of nitrogens with zero attached hydrogens (tertiary/aromatic N) is 6. The molecule has 0 saturated carbocycles. The quantitative estimate of drug-likeness (QED) is 0.0692. The molecule has 0 amide bonds. The number of nitro benzene ring substituents is 1. The van der Waals surface area contributed by atoms with Crippen molar-refractivity contribution in [2.75, 3.05) is 24.7 Å². The number of azo groups is 1. The van der Waals surface area contributed by atoms with Crippen LogP contribution < -0.4 is 4.90 Å². The molecule has 0 bridgehead atoms. The lowest BCUT2D eigenvalue weighted by molar-refractivity contribution is -0.384. The van der Waals surface area contributed by atoms with Gasteiger partial charge < -0.3 is 9.64 Å². The molecule has 0 radical (unpaired) electrons. The number of aromatic nitrogens is 1. The molecule has 0 saturated heterocycles. The smallest absolute Gasteiger partial charge is 0.270 e. The molecule has 4 rings (SSSR count). The first-order valence-electron chi connectivity index (χ1n) is 12.9. The lowest BCUT2D eigenvalue weighted by Crippen LogP contribution is -2.24. The normalized spacial score (nSPS) is 11.2. The number of unbranched alkanes of at least 4 members (excludes halogenated alkanes) is 1. The van der Waals surface area contributed by atoms with Gasteiger partial charge in [-0.05, 0) is 66.2 Å². The summed E-state index contributed by atoms with van der Waals surface area (Å²) >= 11 is 1.18. The van der Waals surface area contributed by atoms with Gasteiger partial charge in [0.05, 0.1) is 35.2 Å². The van der Waals surface area contributed by atoms with Crippen LogP contribution in [0.1, 0.15) is 37.3 Å². The van der Waals surface area contributed by atoms with Gasteiger partial charge in [-0.1, -0.05) is 37.3 Å². The van der Waals surface area contributed by atoms with E-state index in [1.165, 1.54) is 29.2 Å². The van der Waals surface area contributed by atoms with Crippen LogP contribution in [0.15, 0.2) is 77.0 Å². The Morgan fingerprint density at radius 3 is 2.69 bits per heavy atom. The number of nitriles is 1. The van der Waals surface area contributed by atoms with Crippen molar-refractivity contribution in [1.82, 2.24) is 4.37 Å². The van der Waals surface area contributed by atoms with Crippen molar-refractivity contribution in [3.63, 3.8) is 0 Å². The molecule has 3 aromatic carbocycles. The van der Waals surface area contributed by atoms with Crippen molar-refractivity contribution in [1.29, 1.82) is 5.26 Å². The topological polar surface area (TPSA) is 117 Å². The van der Waals surface area contributed by atoms with E-state index in [-0.39, 0.29) is 5.69 Å². The van der Waals surface area contributed by atoms with Crippen LogP contribution in [0.2, 0.25) is 0 Å². The third kappa shape index (κ3) is 7.66. The van der Waals surface area contributed by atoms with Crippen molar-refractivity contribution < 1.29 is 9.66 Å². The number of hydrogen-bond acceptors (Lipinski definition) is 9. The summed E-state index contributed by atoms with van der Waals surface area (Å²) in [4.78, 5) is 13.1. The fourth-order valence-corrected chi connectivity index (χ4v) is 4.86. The van der Waals surface area contributed by atoms with Crippen LogP contribution in [-0.2, 0) is 17.7 Å². The van der Waals surface area contributed by atoms with Gasteiger partial charge in [0.25, 0.3) is 5.69 Å². The molecule has 0 aliphatic heterocycles. The Kier molecular flexibility index (Phi) is 10.1. The molecule has 0 aliphatic rings. The second-order valence-electron chi connectivity index (χ2n) is 8.95. The minimum atomic E-state index is -0.422. The molecule has 200 valence electrons. The number of non-ortho nitro benzene ring substituents is 1. The van der Waals surface area contributed by atoms with Crippen molar-refractivity contribution in [2.24, 2.45) is 10.2 Å². The summed E-state index contributed by atoms with van der Waals surface area (Å²) in [6.07, 6.45) is 3.09. The maximum atomic E-state index is 11.2. The molecule has 0 atom stereocenters. The van der Waals surface area contributed by atoms with Crippen LogP contribution in [0.25, 0.3) is 10.9 Å². The summed E-state index contributed by atoms with van der Waals surface area (Å²) in [5.74, 6) is 0. The van der Waals surface area contributed by atoms with E-state index in [1.807, 2.05) is 12.1 Å².